The molecule has 0 spiro atoms. The average molecular weight is 196 g/mol. The summed E-state index contributed by atoms with van der Waals surface area (Å²) < 4.78 is 18.4. The molecule has 0 aliphatic rings. The van der Waals surface area contributed by atoms with E-state index in [-0.39, 0.29) is 0 Å². The maximum absolute atomic E-state index is 12.9. The Balaban J connectivity index is 2.55. The predicted octanol–water partition coefficient (Wildman–Crippen LogP) is 3.90. The van der Waals surface area contributed by atoms with Gasteiger partial charge < -0.3 is 4.74 Å². The molecule has 0 radical (unpaired) electrons. The molecule has 2 heteroatoms. The van der Waals surface area contributed by atoms with Crippen molar-refractivity contribution in [2.45, 2.75) is 32.9 Å². The second-order valence-corrected chi connectivity index (χ2v) is 3.39. The third-order valence-corrected chi connectivity index (χ3v) is 2.08. The van der Waals surface area contributed by atoms with Crippen molar-refractivity contribution in [3.63, 3.8) is 0 Å². The standard InChI is InChI=1S/C12H17FO/c1-3-4-8-14-12-7-5-6-11(9-12)10(2)13/h5-7,9-10H,3-4,8H2,1-2H3. The van der Waals surface area contributed by atoms with Gasteiger partial charge in [-0.3, -0.25) is 0 Å². The minimum atomic E-state index is -0.926. The fourth-order valence-corrected chi connectivity index (χ4v) is 1.19. The minimum absolute atomic E-state index is 0.680. The van der Waals surface area contributed by atoms with Crippen LogP contribution in [0.25, 0.3) is 0 Å². The van der Waals surface area contributed by atoms with Gasteiger partial charge in [0.2, 0.25) is 0 Å². The van der Waals surface area contributed by atoms with Crippen LogP contribution in [0, 0.1) is 0 Å². The van der Waals surface area contributed by atoms with E-state index in [0.717, 1.165) is 18.6 Å². The molecule has 0 fully saturated rings. The molecule has 0 N–H and O–H groups in total. The van der Waals surface area contributed by atoms with Gasteiger partial charge in [-0.25, -0.2) is 4.39 Å². The Morgan fingerprint density at radius 3 is 2.86 bits per heavy atom. The number of benzene rings is 1. The molecule has 1 unspecified atom stereocenters. The third-order valence-electron chi connectivity index (χ3n) is 2.08. The van der Waals surface area contributed by atoms with Gasteiger partial charge in [-0.2, -0.15) is 0 Å². The van der Waals surface area contributed by atoms with Crippen molar-refractivity contribution in [3.8, 4) is 5.75 Å². The molecule has 78 valence electrons. The fourth-order valence-electron chi connectivity index (χ4n) is 1.19. The molecule has 1 aromatic carbocycles. The van der Waals surface area contributed by atoms with Crippen molar-refractivity contribution in [2.75, 3.05) is 6.61 Å². The van der Waals surface area contributed by atoms with Gasteiger partial charge in [0, 0.05) is 0 Å². The molecule has 1 rings (SSSR count). The summed E-state index contributed by atoms with van der Waals surface area (Å²) in [6.07, 6.45) is 1.22. The first-order chi connectivity index (χ1) is 6.74. The zero-order valence-corrected chi connectivity index (χ0v) is 8.79. The average Bonchev–Trinajstić information content (AvgIpc) is 2.19. The lowest BCUT2D eigenvalue weighted by Gasteiger charge is -2.07. The van der Waals surface area contributed by atoms with Crippen LogP contribution in [0.5, 0.6) is 5.75 Å². The van der Waals surface area contributed by atoms with E-state index < -0.39 is 6.17 Å². The van der Waals surface area contributed by atoms with Crippen molar-refractivity contribution in [3.05, 3.63) is 29.8 Å². The highest BCUT2D eigenvalue weighted by atomic mass is 19.1. The number of halogens is 1. The first-order valence-electron chi connectivity index (χ1n) is 5.11. The van der Waals surface area contributed by atoms with Crippen LogP contribution in [0.15, 0.2) is 24.3 Å². The molecule has 1 atom stereocenters. The Morgan fingerprint density at radius 2 is 2.21 bits per heavy atom. The van der Waals surface area contributed by atoms with Gasteiger partial charge in [0.1, 0.15) is 11.9 Å². The first-order valence-corrected chi connectivity index (χ1v) is 5.11. The van der Waals surface area contributed by atoms with E-state index in [1.165, 1.54) is 6.92 Å². The van der Waals surface area contributed by atoms with E-state index in [2.05, 4.69) is 6.92 Å². The topological polar surface area (TPSA) is 9.23 Å². The molecular formula is C12H17FO. The summed E-state index contributed by atoms with van der Waals surface area (Å²) in [5.74, 6) is 0.764. The number of alkyl halides is 1. The Bertz CT molecular complexity index is 271. The highest BCUT2D eigenvalue weighted by Gasteiger charge is 2.03. The summed E-state index contributed by atoms with van der Waals surface area (Å²) >= 11 is 0. The second-order valence-electron chi connectivity index (χ2n) is 3.39. The van der Waals surface area contributed by atoms with Crippen LogP contribution in [-0.4, -0.2) is 6.61 Å². The van der Waals surface area contributed by atoms with E-state index in [9.17, 15) is 4.39 Å². The zero-order valence-electron chi connectivity index (χ0n) is 8.79. The molecule has 14 heavy (non-hydrogen) atoms. The van der Waals surface area contributed by atoms with Crippen LogP contribution in [-0.2, 0) is 0 Å². The molecule has 0 aliphatic carbocycles. The summed E-state index contributed by atoms with van der Waals surface area (Å²) in [4.78, 5) is 0. The number of ether oxygens (including phenoxy) is 1. The highest BCUT2D eigenvalue weighted by Crippen LogP contribution is 2.21. The molecule has 0 bridgehead atoms. The molecule has 0 saturated carbocycles. The number of unbranched alkanes of at least 4 members (excludes halogenated alkanes) is 1. The first kappa shape index (κ1) is 11.0. The number of hydrogen-bond acceptors (Lipinski definition) is 1. The van der Waals surface area contributed by atoms with E-state index in [1.807, 2.05) is 12.1 Å². The second kappa shape index (κ2) is 5.63. The van der Waals surface area contributed by atoms with Gasteiger partial charge in [-0.1, -0.05) is 25.5 Å². The highest BCUT2D eigenvalue weighted by molar-refractivity contribution is 5.29. The minimum Gasteiger partial charge on any atom is -0.494 e. The van der Waals surface area contributed by atoms with Crippen LogP contribution >= 0.6 is 0 Å². The van der Waals surface area contributed by atoms with Crippen molar-refractivity contribution >= 4 is 0 Å². The molecule has 0 amide bonds. The van der Waals surface area contributed by atoms with Gasteiger partial charge in [-0.05, 0) is 31.0 Å². The Labute approximate surface area is 84.9 Å². The maximum atomic E-state index is 12.9. The smallest absolute Gasteiger partial charge is 0.122 e. The SMILES string of the molecule is CCCCOc1cccc(C(C)F)c1. The normalized spacial score (nSPS) is 12.5. The van der Waals surface area contributed by atoms with E-state index >= 15 is 0 Å². The third kappa shape index (κ3) is 3.36. The lowest BCUT2D eigenvalue weighted by atomic mass is 10.1. The molecule has 0 heterocycles. The summed E-state index contributed by atoms with van der Waals surface area (Å²) in [5.41, 5.74) is 0.680. The van der Waals surface area contributed by atoms with Gasteiger partial charge in [0.05, 0.1) is 6.61 Å². The maximum Gasteiger partial charge on any atom is 0.122 e. The van der Waals surface area contributed by atoms with Crippen molar-refractivity contribution in [1.82, 2.24) is 0 Å². The number of rotatable bonds is 5. The molecule has 0 aliphatic heterocycles. The van der Waals surface area contributed by atoms with Gasteiger partial charge in [0.15, 0.2) is 0 Å². The molecule has 1 nitrogen and oxygen atoms in total. The monoisotopic (exact) mass is 196 g/mol. The summed E-state index contributed by atoms with van der Waals surface area (Å²) in [6.45, 7) is 4.36. The fraction of sp³-hybridized carbons (Fsp3) is 0.500. The summed E-state index contributed by atoms with van der Waals surface area (Å²) in [6, 6.07) is 7.23. The van der Waals surface area contributed by atoms with E-state index in [4.69, 9.17) is 4.74 Å². The lowest BCUT2D eigenvalue weighted by Crippen LogP contribution is -1.97. The number of hydrogen-bond donors (Lipinski definition) is 0. The van der Waals surface area contributed by atoms with Crippen molar-refractivity contribution in [2.24, 2.45) is 0 Å². The van der Waals surface area contributed by atoms with Crippen LogP contribution in [0.1, 0.15) is 38.4 Å². The summed E-state index contributed by atoms with van der Waals surface area (Å²) in [5, 5.41) is 0. The van der Waals surface area contributed by atoms with Gasteiger partial charge >= 0.3 is 0 Å². The molecule has 0 saturated heterocycles. The van der Waals surface area contributed by atoms with E-state index in [1.54, 1.807) is 12.1 Å². The Hall–Kier alpha value is -1.05. The lowest BCUT2D eigenvalue weighted by molar-refractivity contribution is 0.307. The molecule has 0 aromatic heterocycles. The van der Waals surface area contributed by atoms with Gasteiger partial charge in [-0.15, -0.1) is 0 Å². The molecular weight excluding hydrogens is 179 g/mol. The van der Waals surface area contributed by atoms with Crippen LogP contribution in [0.4, 0.5) is 4.39 Å². The van der Waals surface area contributed by atoms with Gasteiger partial charge in [0.25, 0.3) is 0 Å². The molecule has 1 aromatic rings. The van der Waals surface area contributed by atoms with Crippen LogP contribution in [0.3, 0.4) is 0 Å². The van der Waals surface area contributed by atoms with Crippen molar-refractivity contribution in [1.29, 1.82) is 0 Å². The Kier molecular flexibility index (Phi) is 4.44. The summed E-state index contributed by atoms with van der Waals surface area (Å²) in [7, 11) is 0. The zero-order chi connectivity index (χ0) is 10.4. The van der Waals surface area contributed by atoms with Crippen LogP contribution in [0.2, 0.25) is 0 Å². The van der Waals surface area contributed by atoms with E-state index in [0.29, 0.717) is 12.2 Å². The predicted molar refractivity (Wildman–Crippen MR) is 56.4 cm³/mol. The largest absolute Gasteiger partial charge is 0.494 e. The Morgan fingerprint density at radius 1 is 1.43 bits per heavy atom. The quantitative estimate of drug-likeness (QED) is 0.649. The van der Waals surface area contributed by atoms with Crippen molar-refractivity contribution < 1.29 is 9.13 Å². The van der Waals surface area contributed by atoms with Crippen LogP contribution < -0.4 is 4.74 Å².